The molecule has 2 atom stereocenters. The van der Waals surface area contributed by atoms with Gasteiger partial charge in [-0.1, -0.05) is 49.4 Å². The number of hydrogen-bond donors (Lipinski definition) is 2. The third-order valence-electron chi connectivity index (χ3n) is 3.74. The van der Waals surface area contributed by atoms with E-state index >= 15 is 0 Å². The van der Waals surface area contributed by atoms with Gasteiger partial charge in [0.05, 0.1) is 0 Å². The van der Waals surface area contributed by atoms with Crippen LogP contribution in [0.3, 0.4) is 0 Å². The lowest BCUT2D eigenvalue weighted by atomic mass is 9.86. The van der Waals surface area contributed by atoms with Gasteiger partial charge in [-0.05, 0) is 36.1 Å². The first-order chi connectivity index (χ1) is 9.74. The highest BCUT2D eigenvalue weighted by atomic mass is 19.1. The Hall–Kier alpha value is -1.71. The van der Waals surface area contributed by atoms with Crippen molar-refractivity contribution < 1.29 is 4.39 Å². The van der Waals surface area contributed by atoms with Gasteiger partial charge in [-0.15, -0.1) is 0 Å². The highest BCUT2D eigenvalue weighted by molar-refractivity contribution is 5.24. The highest BCUT2D eigenvalue weighted by Crippen LogP contribution is 2.25. The van der Waals surface area contributed by atoms with Crippen LogP contribution in [0.2, 0.25) is 0 Å². The molecule has 3 heteroatoms. The summed E-state index contributed by atoms with van der Waals surface area (Å²) in [6, 6.07) is 17.1. The first-order valence-corrected chi connectivity index (χ1v) is 7.00. The lowest BCUT2D eigenvalue weighted by Gasteiger charge is -2.26. The number of hydrazine groups is 1. The molecule has 0 saturated carbocycles. The molecule has 106 valence electrons. The molecule has 2 unspecified atom stereocenters. The van der Waals surface area contributed by atoms with E-state index in [2.05, 4.69) is 24.5 Å². The largest absolute Gasteiger partial charge is 0.271 e. The monoisotopic (exact) mass is 272 g/mol. The van der Waals surface area contributed by atoms with Gasteiger partial charge in [0.15, 0.2) is 0 Å². The topological polar surface area (TPSA) is 38.0 Å². The van der Waals surface area contributed by atoms with Crippen molar-refractivity contribution in [2.24, 2.45) is 5.84 Å². The van der Waals surface area contributed by atoms with E-state index in [0.717, 1.165) is 18.4 Å². The Balaban J connectivity index is 2.15. The van der Waals surface area contributed by atoms with Crippen molar-refractivity contribution in [1.82, 2.24) is 5.43 Å². The van der Waals surface area contributed by atoms with Crippen LogP contribution in [0.25, 0.3) is 0 Å². The standard InChI is InChI=1S/C17H21FN2/c1-2-16(14-6-4-3-5-7-14)17(20-19)12-13-8-10-15(18)11-9-13/h3-11,16-17,20H,2,12,19H2,1H3. The van der Waals surface area contributed by atoms with Gasteiger partial charge in [-0.25, -0.2) is 4.39 Å². The number of halogens is 1. The van der Waals surface area contributed by atoms with Crippen LogP contribution in [0.15, 0.2) is 54.6 Å². The molecule has 2 nitrogen and oxygen atoms in total. The zero-order valence-electron chi connectivity index (χ0n) is 11.7. The number of rotatable bonds is 6. The Morgan fingerprint density at radius 1 is 1.05 bits per heavy atom. The first kappa shape index (κ1) is 14.7. The van der Waals surface area contributed by atoms with Crippen molar-refractivity contribution in [1.29, 1.82) is 0 Å². The van der Waals surface area contributed by atoms with E-state index in [-0.39, 0.29) is 11.9 Å². The third kappa shape index (κ3) is 3.65. The molecule has 2 aromatic rings. The molecule has 20 heavy (non-hydrogen) atoms. The van der Waals surface area contributed by atoms with Gasteiger partial charge in [-0.2, -0.15) is 0 Å². The van der Waals surface area contributed by atoms with Crippen molar-refractivity contribution in [2.45, 2.75) is 31.7 Å². The Labute approximate surface area is 119 Å². The summed E-state index contributed by atoms with van der Waals surface area (Å²) in [4.78, 5) is 0. The number of nitrogens with two attached hydrogens (primary N) is 1. The van der Waals surface area contributed by atoms with Crippen molar-refractivity contribution in [2.75, 3.05) is 0 Å². The predicted octanol–water partition coefficient (Wildman–Crippen LogP) is 3.39. The molecule has 0 bridgehead atoms. The lowest BCUT2D eigenvalue weighted by Crippen LogP contribution is -2.41. The second-order valence-corrected chi connectivity index (χ2v) is 5.03. The number of benzene rings is 2. The minimum Gasteiger partial charge on any atom is -0.271 e. The maximum absolute atomic E-state index is 13.0. The fourth-order valence-corrected chi connectivity index (χ4v) is 2.64. The van der Waals surface area contributed by atoms with Crippen molar-refractivity contribution in [3.05, 3.63) is 71.5 Å². The van der Waals surface area contributed by atoms with Crippen LogP contribution in [0.1, 0.15) is 30.4 Å². The van der Waals surface area contributed by atoms with Gasteiger partial charge in [0.1, 0.15) is 5.82 Å². The van der Waals surface area contributed by atoms with Gasteiger partial charge in [0.25, 0.3) is 0 Å². The predicted molar refractivity (Wildman–Crippen MR) is 80.7 cm³/mol. The zero-order valence-corrected chi connectivity index (χ0v) is 11.7. The molecule has 3 N–H and O–H groups in total. The van der Waals surface area contributed by atoms with Crippen molar-refractivity contribution in [3.8, 4) is 0 Å². The average Bonchev–Trinajstić information content (AvgIpc) is 2.50. The van der Waals surface area contributed by atoms with Crippen molar-refractivity contribution >= 4 is 0 Å². The Kier molecular flexibility index (Phi) is 5.27. The van der Waals surface area contributed by atoms with Gasteiger partial charge in [-0.3, -0.25) is 11.3 Å². The zero-order chi connectivity index (χ0) is 14.4. The Bertz CT molecular complexity index is 510. The van der Waals surface area contributed by atoms with Gasteiger partial charge >= 0.3 is 0 Å². The summed E-state index contributed by atoms with van der Waals surface area (Å²) in [6.45, 7) is 2.16. The van der Waals surface area contributed by atoms with Gasteiger partial charge in [0, 0.05) is 12.0 Å². The van der Waals surface area contributed by atoms with Crippen LogP contribution in [-0.2, 0) is 6.42 Å². The summed E-state index contributed by atoms with van der Waals surface area (Å²) in [5.41, 5.74) is 5.29. The average molecular weight is 272 g/mol. The lowest BCUT2D eigenvalue weighted by molar-refractivity contribution is 0.427. The van der Waals surface area contributed by atoms with Crippen LogP contribution in [-0.4, -0.2) is 6.04 Å². The molecule has 0 heterocycles. The molecule has 0 radical (unpaired) electrons. The molecule has 0 aliphatic rings. The number of hydrogen-bond acceptors (Lipinski definition) is 2. The highest BCUT2D eigenvalue weighted by Gasteiger charge is 2.20. The summed E-state index contributed by atoms with van der Waals surface area (Å²) < 4.78 is 13.0. The quantitative estimate of drug-likeness (QED) is 0.625. The molecule has 2 rings (SSSR count). The minimum absolute atomic E-state index is 0.132. The molecule has 0 aliphatic carbocycles. The second kappa shape index (κ2) is 7.17. The summed E-state index contributed by atoms with van der Waals surface area (Å²) in [5, 5.41) is 0. The molecule has 0 aromatic heterocycles. The molecular weight excluding hydrogens is 251 g/mol. The SMILES string of the molecule is CCC(c1ccccc1)C(Cc1ccc(F)cc1)NN. The van der Waals surface area contributed by atoms with Crippen LogP contribution < -0.4 is 11.3 Å². The van der Waals surface area contributed by atoms with E-state index in [1.54, 1.807) is 0 Å². The van der Waals surface area contributed by atoms with Crippen LogP contribution in [0.5, 0.6) is 0 Å². The maximum Gasteiger partial charge on any atom is 0.123 e. The van der Waals surface area contributed by atoms with Crippen LogP contribution in [0, 0.1) is 5.82 Å². The van der Waals surface area contributed by atoms with Crippen LogP contribution in [0.4, 0.5) is 4.39 Å². The van der Waals surface area contributed by atoms with Gasteiger partial charge < -0.3 is 0 Å². The van der Waals surface area contributed by atoms with Gasteiger partial charge in [0.2, 0.25) is 0 Å². The normalized spacial score (nSPS) is 13.9. The molecule has 0 amide bonds. The Morgan fingerprint density at radius 2 is 1.70 bits per heavy atom. The summed E-state index contributed by atoms with van der Waals surface area (Å²) in [6.07, 6.45) is 1.78. The van der Waals surface area contributed by atoms with E-state index in [1.807, 2.05) is 30.3 Å². The molecule has 2 aromatic carbocycles. The fourth-order valence-electron chi connectivity index (χ4n) is 2.64. The molecule has 0 saturated heterocycles. The number of nitrogens with one attached hydrogen (secondary N) is 1. The molecule has 0 aliphatic heterocycles. The smallest absolute Gasteiger partial charge is 0.123 e. The second-order valence-electron chi connectivity index (χ2n) is 5.03. The first-order valence-electron chi connectivity index (χ1n) is 7.00. The van der Waals surface area contributed by atoms with E-state index in [1.165, 1.54) is 17.7 Å². The van der Waals surface area contributed by atoms with E-state index < -0.39 is 0 Å². The molecule has 0 spiro atoms. The summed E-state index contributed by atoms with van der Waals surface area (Å²) in [5.74, 6) is 5.87. The maximum atomic E-state index is 13.0. The minimum atomic E-state index is -0.207. The van der Waals surface area contributed by atoms with Crippen molar-refractivity contribution in [3.63, 3.8) is 0 Å². The Morgan fingerprint density at radius 3 is 2.25 bits per heavy atom. The van der Waals surface area contributed by atoms with E-state index in [4.69, 9.17) is 5.84 Å². The van der Waals surface area contributed by atoms with E-state index in [0.29, 0.717) is 5.92 Å². The summed E-state index contributed by atoms with van der Waals surface area (Å²) in [7, 11) is 0. The molecular formula is C17H21FN2. The van der Waals surface area contributed by atoms with Crippen LogP contribution >= 0.6 is 0 Å². The van der Waals surface area contributed by atoms with E-state index in [9.17, 15) is 4.39 Å². The molecule has 0 fully saturated rings. The summed E-state index contributed by atoms with van der Waals surface area (Å²) >= 11 is 0. The third-order valence-corrected chi connectivity index (χ3v) is 3.74. The fraction of sp³-hybridized carbons (Fsp3) is 0.294.